The molecule has 1 aliphatic carbocycles. The van der Waals surface area contributed by atoms with Gasteiger partial charge in [0.25, 0.3) is 0 Å². The molecule has 3 N–H and O–H groups in total. The number of methoxy groups -OCH3 is 1. The van der Waals surface area contributed by atoms with Crippen molar-refractivity contribution in [3.63, 3.8) is 0 Å². The summed E-state index contributed by atoms with van der Waals surface area (Å²) < 4.78 is 45.0. The third kappa shape index (κ3) is 11.0. The molecule has 3 aromatic carbocycles. The largest absolute Gasteiger partial charge is 0.495 e. The Morgan fingerprint density at radius 2 is 1.65 bits per heavy atom. The van der Waals surface area contributed by atoms with Gasteiger partial charge in [-0.3, -0.25) is 9.59 Å². The van der Waals surface area contributed by atoms with E-state index in [0.29, 0.717) is 49.7 Å². The molecule has 15 nitrogen and oxygen atoms in total. The Labute approximate surface area is 333 Å². The molecule has 1 saturated heterocycles. The second-order valence-electron chi connectivity index (χ2n) is 15.6. The molecular weight excluding hydrogens is 751 g/mol. The quantitative estimate of drug-likeness (QED) is 0.143. The first-order valence-corrected chi connectivity index (χ1v) is 20.7. The molecule has 2 fully saturated rings. The summed E-state index contributed by atoms with van der Waals surface area (Å²) in [7, 11) is -2.42. The van der Waals surface area contributed by atoms with Crippen LogP contribution in [0.5, 0.6) is 5.75 Å². The van der Waals surface area contributed by atoms with Crippen molar-refractivity contribution in [2.45, 2.75) is 69.8 Å². The Morgan fingerprint density at radius 1 is 0.947 bits per heavy atom. The number of Topliss-reactive ketones (excluding diaryl/α,β-unsaturated/α-hetero) is 1. The molecule has 4 aromatic rings. The van der Waals surface area contributed by atoms with Crippen LogP contribution in [0.15, 0.2) is 71.6 Å². The SMILES string of the molecule is COc1ccc(-c2cccc(C[C@H](CC(=O)C3CCC(CNC(=O)OC(C)(C)C)CC3)C(=O)Nc3ccc(-c4nn[nH]n4)cc3)c2)cc1S(=O)(=O)N1CCOCC1. The van der Waals surface area contributed by atoms with Gasteiger partial charge in [-0.05, 0) is 117 Å². The minimum Gasteiger partial charge on any atom is -0.495 e. The normalized spacial score (nSPS) is 18.3. The Hall–Kier alpha value is -5.19. The maximum Gasteiger partial charge on any atom is 0.407 e. The molecule has 6 rings (SSSR count). The number of hydrogen-bond donors (Lipinski definition) is 3. The van der Waals surface area contributed by atoms with E-state index in [1.54, 1.807) is 36.4 Å². The van der Waals surface area contributed by atoms with Crippen molar-refractivity contribution in [1.29, 1.82) is 0 Å². The van der Waals surface area contributed by atoms with Gasteiger partial charge < -0.3 is 24.8 Å². The van der Waals surface area contributed by atoms with E-state index in [2.05, 4.69) is 31.3 Å². The lowest BCUT2D eigenvalue weighted by atomic mass is 9.77. The molecule has 57 heavy (non-hydrogen) atoms. The van der Waals surface area contributed by atoms with E-state index in [0.717, 1.165) is 29.5 Å². The number of sulfonamides is 1. The van der Waals surface area contributed by atoms with Crippen molar-refractivity contribution >= 4 is 33.5 Å². The zero-order chi connectivity index (χ0) is 40.6. The topological polar surface area (TPSA) is 195 Å². The third-order valence-electron chi connectivity index (χ3n) is 10.3. The number of ether oxygens (including phenoxy) is 3. The van der Waals surface area contributed by atoms with Crippen LogP contribution in [0.1, 0.15) is 58.4 Å². The monoisotopic (exact) mass is 801 g/mol. The summed E-state index contributed by atoms with van der Waals surface area (Å²) >= 11 is 0. The van der Waals surface area contributed by atoms with Gasteiger partial charge in [-0.1, -0.05) is 30.3 Å². The molecule has 1 atom stereocenters. The number of H-pyrrole nitrogens is 1. The average molecular weight is 802 g/mol. The average Bonchev–Trinajstić information content (AvgIpc) is 3.75. The molecule has 2 heterocycles. The summed E-state index contributed by atoms with van der Waals surface area (Å²) in [6.45, 7) is 7.09. The number of anilines is 1. The van der Waals surface area contributed by atoms with Crippen LogP contribution in [-0.2, 0) is 35.5 Å². The third-order valence-corrected chi connectivity index (χ3v) is 12.2. The second-order valence-corrected chi connectivity index (χ2v) is 17.5. The van der Waals surface area contributed by atoms with E-state index in [-0.39, 0.29) is 60.1 Å². The van der Waals surface area contributed by atoms with Crippen LogP contribution < -0.4 is 15.4 Å². The van der Waals surface area contributed by atoms with Gasteiger partial charge in [-0.2, -0.15) is 9.52 Å². The first-order valence-electron chi connectivity index (χ1n) is 19.3. The summed E-state index contributed by atoms with van der Waals surface area (Å²) in [6.07, 6.45) is 2.78. The smallest absolute Gasteiger partial charge is 0.407 e. The van der Waals surface area contributed by atoms with Crippen LogP contribution in [0.4, 0.5) is 10.5 Å². The van der Waals surface area contributed by atoms with Gasteiger partial charge in [0.05, 0.1) is 20.3 Å². The molecule has 0 bridgehead atoms. The lowest BCUT2D eigenvalue weighted by molar-refractivity contribution is -0.129. The highest BCUT2D eigenvalue weighted by Crippen LogP contribution is 2.34. The number of carbonyl (C=O) groups is 3. The highest BCUT2D eigenvalue weighted by atomic mass is 32.2. The van der Waals surface area contributed by atoms with Gasteiger partial charge in [0.2, 0.25) is 21.8 Å². The molecule has 1 aliphatic heterocycles. The van der Waals surface area contributed by atoms with Gasteiger partial charge in [0.1, 0.15) is 22.0 Å². The van der Waals surface area contributed by atoms with Crippen LogP contribution in [0.25, 0.3) is 22.5 Å². The molecule has 2 aliphatic rings. The summed E-state index contributed by atoms with van der Waals surface area (Å²) in [5, 5.41) is 19.9. The van der Waals surface area contributed by atoms with Crippen molar-refractivity contribution in [2.24, 2.45) is 17.8 Å². The van der Waals surface area contributed by atoms with E-state index in [4.69, 9.17) is 14.2 Å². The number of aromatic nitrogens is 4. The molecule has 304 valence electrons. The molecule has 2 amide bonds. The van der Waals surface area contributed by atoms with E-state index in [1.165, 1.54) is 11.4 Å². The van der Waals surface area contributed by atoms with Crippen LogP contribution in [0.2, 0.25) is 0 Å². The van der Waals surface area contributed by atoms with Gasteiger partial charge in [0, 0.05) is 49.1 Å². The van der Waals surface area contributed by atoms with Crippen LogP contribution in [0, 0.1) is 17.8 Å². The zero-order valence-electron chi connectivity index (χ0n) is 32.8. The van der Waals surface area contributed by atoms with Crippen LogP contribution >= 0.6 is 0 Å². The highest BCUT2D eigenvalue weighted by Gasteiger charge is 2.32. The number of aromatic amines is 1. The number of nitrogens with zero attached hydrogens (tertiary/aromatic N) is 4. The van der Waals surface area contributed by atoms with Crippen LogP contribution in [0.3, 0.4) is 0 Å². The molecule has 0 spiro atoms. The number of morpholine rings is 1. The number of rotatable bonds is 14. The minimum absolute atomic E-state index is 0.0328. The number of benzene rings is 3. The van der Waals surface area contributed by atoms with E-state index >= 15 is 0 Å². The summed E-state index contributed by atoms with van der Waals surface area (Å²) in [5.74, 6) is -0.232. The number of hydrogen-bond acceptors (Lipinski definition) is 11. The maximum absolute atomic E-state index is 14.0. The number of tetrazole rings is 1. The maximum atomic E-state index is 14.0. The molecule has 0 radical (unpaired) electrons. The van der Waals surface area contributed by atoms with Crippen molar-refractivity contribution in [3.8, 4) is 28.3 Å². The Bertz CT molecular complexity index is 2110. The predicted octanol–water partition coefficient (Wildman–Crippen LogP) is 5.65. The standard InChI is InChI=1S/C41H51N7O8S/c1-41(2,3)56-40(51)42-26-27-8-10-29(11-9-27)35(49)24-33(39(50)43-34-15-12-30(13-16-34)38-44-46-47-45-38)23-28-6-5-7-31(22-28)32-14-17-36(54-4)37(25-32)57(52,53)48-18-20-55-21-19-48/h5-7,12-17,22,25,27,29,33H,8-11,18-21,23-24,26H2,1-4H3,(H,42,51)(H,43,50)(H,44,45,46,47)/t27?,29?,33-/m1/s1. The molecule has 1 saturated carbocycles. The molecule has 0 unspecified atom stereocenters. The van der Waals surface area contributed by atoms with Gasteiger partial charge >= 0.3 is 6.09 Å². The molecule has 16 heteroatoms. The Kier molecular flexibility index (Phi) is 13.4. The summed E-state index contributed by atoms with van der Waals surface area (Å²) in [6, 6.07) is 19.7. The summed E-state index contributed by atoms with van der Waals surface area (Å²) in [4.78, 5) is 40.2. The minimum atomic E-state index is -3.86. The lowest BCUT2D eigenvalue weighted by Gasteiger charge is -2.29. The number of carbonyl (C=O) groups excluding carboxylic acids is 3. The zero-order valence-corrected chi connectivity index (χ0v) is 33.6. The number of nitrogens with one attached hydrogen (secondary N) is 3. The second kappa shape index (κ2) is 18.4. The fourth-order valence-corrected chi connectivity index (χ4v) is 8.86. The van der Waals surface area contributed by atoms with Crippen molar-refractivity contribution < 1.29 is 37.0 Å². The lowest BCUT2D eigenvalue weighted by Crippen LogP contribution is -2.40. The van der Waals surface area contributed by atoms with Crippen LogP contribution in [-0.4, -0.2) is 96.7 Å². The van der Waals surface area contributed by atoms with E-state index in [9.17, 15) is 22.8 Å². The number of amides is 2. The highest BCUT2D eigenvalue weighted by molar-refractivity contribution is 7.89. The first kappa shape index (κ1) is 41.4. The molecular formula is C41H51N7O8S. The van der Waals surface area contributed by atoms with E-state index < -0.39 is 27.6 Å². The first-order chi connectivity index (χ1) is 27.3. The fraction of sp³-hybridized carbons (Fsp3) is 0.463. The van der Waals surface area contributed by atoms with Crippen molar-refractivity contribution in [3.05, 3.63) is 72.3 Å². The molecule has 1 aromatic heterocycles. The van der Waals surface area contributed by atoms with Gasteiger partial charge in [0.15, 0.2) is 0 Å². The number of ketones is 1. The fourth-order valence-electron chi connectivity index (χ4n) is 7.27. The Morgan fingerprint density at radius 3 is 2.32 bits per heavy atom. The van der Waals surface area contributed by atoms with Gasteiger partial charge in [-0.15, -0.1) is 10.2 Å². The number of alkyl carbamates (subject to hydrolysis) is 1. The van der Waals surface area contributed by atoms with Crippen molar-refractivity contribution in [1.82, 2.24) is 30.2 Å². The Balaban J connectivity index is 1.18. The predicted molar refractivity (Wildman–Crippen MR) is 213 cm³/mol. The van der Waals surface area contributed by atoms with Crippen molar-refractivity contribution in [2.75, 3.05) is 45.3 Å². The van der Waals surface area contributed by atoms with E-state index in [1.807, 2.05) is 51.1 Å². The summed E-state index contributed by atoms with van der Waals surface area (Å²) in [5.41, 5.74) is 2.95. The van der Waals surface area contributed by atoms with Gasteiger partial charge in [-0.25, -0.2) is 13.2 Å².